The zero-order valence-corrected chi connectivity index (χ0v) is 19.9. The van der Waals surface area contributed by atoms with Crippen molar-refractivity contribution in [3.05, 3.63) is 71.8 Å². The molecule has 3 rings (SSSR count). The normalized spacial score (nSPS) is 12.4. The number of anilines is 1. The fourth-order valence-corrected chi connectivity index (χ4v) is 5.64. The zero-order valence-electron chi connectivity index (χ0n) is 18.2. The van der Waals surface area contributed by atoms with Crippen molar-refractivity contribution in [1.82, 2.24) is 0 Å². The summed E-state index contributed by atoms with van der Waals surface area (Å²) in [7, 11) is -8.02. The smallest absolute Gasteiger partial charge is 0.232 e. The summed E-state index contributed by atoms with van der Waals surface area (Å²) < 4.78 is 62.4. The second-order valence-electron chi connectivity index (χ2n) is 8.23. The average molecular weight is 475 g/mol. The number of rotatable bonds is 10. The van der Waals surface area contributed by atoms with E-state index in [1.54, 1.807) is 30.3 Å². The molecule has 0 atom stereocenters. The Hall–Kier alpha value is -2.42. The van der Waals surface area contributed by atoms with Gasteiger partial charge in [-0.2, -0.15) is 0 Å². The lowest BCUT2D eigenvalue weighted by atomic mass is 10.0. The van der Waals surface area contributed by atoms with Crippen LogP contribution < -0.4 is 4.72 Å². The van der Waals surface area contributed by atoms with Crippen molar-refractivity contribution in [3.63, 3.8) is 0 Å². The lowest BCUT2D eigenvalue weighted by Crippen LogP contribution is -2.16. The molecule has 0 saturated heterocycles. The van der Waals surface area contributed by atoms with Gasteiger partial charge in [0.25, 0.3) is 0 Å². The minimum atomic E-state index is -4.59. The molecule has 0 radical (unpaired) electrons. The van der Waals surface area contributed by atoms with Gasteiger partial charge in [0.1, 0.15) is 10.1 Å². The molecule has 0 spiro atoms. The van der Waals surface area contributed by atoms with E-state index in [0.717, 1.165) is 16.7 Å². The predicted molar refractivity (Wildman–Crippen MR) is 127 cm³/mol. The third-order valence-corrected chi connectivity index (χ3v) is 7.68. The van der Waals surface area contributed by atoms with E-state index < -0.39 is 20.1 Å². The van der Waals surface area contributed by atoms with Crippen molar-refractivity contribution in [3.8, 4) is 11.1 Å². The monoisotopic (exact) mass is 474 g/mol. The van der Waals surface area contributed by atoms with Crippen LogP contribution in [0.25, 0.3) is 11.1 Å². The SMILES string of the molecule is CC(C)c1ccc2c(CCCCCS(=O)(=O)Nc3ccccc3)cc(S(=O)(=O)[O-])c-2cc1. The standard InChI is InChI=1S/C24H29NO5S2/c1-18(2)19-12-14-22-20(17-24(32(28,29)30)23(22)15-13-19)9-5-4-8-16-31(26,27)25-21-10-6-3-7-11-21/h3,6-7,10-15,17-18,25H,4-5,8-9,16H2,1-2H3,(H,28,29,30)/p-1. The molecule has 6 nitrogen and oxygen atoms in total. The fraction of sp³-hybridized carbons (Fsp3) is 0.333. The average Bonchev–Trinajstić information content (AvgIpc) is 2.91. The van der Waals surface area contributed by atoms with Gasteiger partial charge in [0.2, 0.25) is 10.0 Å². The first-order valence-corrected chi connectivity index (χ1v) is 13.7. The van der Waals surface area contributed by atoms with Crippen LogP contribution in [0, 0.1) is 0 Å². The van der Waals surface area contributed by atoms with E-state index in [4.69, 9.17) is 0 Å². The van der Waals surface area contributed by atoms with Crippen LogP contribution in [0.2, 0.25) is 0 Å². The van der Waals surface area contributed by atoms with E-state index in [-0.39, 0.29) is 16.6 Å². The van der Waals surface area contributed by atoms with Crippen molar-refractivity contribution in [2.24, 2.45) is 0 Å². The van der Waals surface area contributed by atoms with E-state index in [1.165, 1.54) is 6.07 Å². The molecule has 2 aliphatic carbocycles. The maximum atomic E-state index is 12.2. The minimum absolute atomic E-state index is 0.0105. The van der Waals surface area contributed by atoms with E-state index in [1.807, 2.05) is 38.1 Å². The third-order valence-electron chi connectivity index (χ3n) is 5.43. The molecule has 2 aliphatic rings. The Morgan fingerprint density at radius 2 is 1.50 bits per heavy atom. The van der Waals surface area contributed by atoms with Crippen molar-refractivity contribution in [2.75, 3.05) is 10.5 Å². The van der Waals surface area contributed by atoms with Crippen LogP contribution in [-0.4, -0.2) is 27.1 Å². The number of nitrogens with one attached hydrogen (secondary N) is 1. The molecule has 0 aliphatic heterocycles. The second-order valence-corrected chi connectivity index (χ2v) is 11.4. The highest BCUT2D eigenvalue weighted by Crippen LogP contribution is 2.36. The molecule has 172 valence electrons. The minimum Gasteiger partial charge on any atom is -0.744 e. The second kappa shape index (κ2) is 10.0. The van der Waals surface area contributed by atoms with E-state index in [0.29, 0.717) is 36.9 Å². The van der Waals surface area contributed by atoms with E-state index in [2.05, 4.69) is 4.72 Å². The largest absolute Gasteiger partial charge is 0.744 e. The first-order chi connectivity index (χ1) is 15.1. The van der Waals surface area contributed by atoms with Gasteiger partial charge < -0.3 is 4.55 Å². The molecule has 1 N–H and O–H groups in total. The number of hydrogen-bond acceptors (Lipinski definition) is 5. The van der Waals surface area contributed by atoms with Gasteiger partial charge in [0.05, 0.1) is 10.6 Å². The van der Waals surface area contributed by atoms with E-state index in [9.17, 15) is 21.4 Å². The Balaban J connectivity index is 1.66. The van der Waals surface area contributed by atoms with Gasteiger partial charge in [-0.3, -0.25) is 4.72 Å². The molecule has 0 amide bonds. The van der Waals surface area contributed by atoms with Gasteiger partial charge in [0, 0.05) is 5.69 Å². The molecular formula is C24H28NO5S2-. The van der Waals surface area contributed by atoms with Crippen LogP contribution in [0.4, 0.5) is 5.69 Å². The van der Waals surface area contributed by atoms with E-state index >= 15 is 0 Å². The van der Waals surface area contributed by atoms with Gasteiger partial charge in [-0.1, -0.05) is 62.7 Å². The summed E-state index contributed by atoms with van der Waals surface area (Å²) in [5, 5.41) is 0. The van der Waals surface area contributed by atoms with Gasteiger partial charge in [-0.05, 0) is 65.6 Å². The quantitative estimate of drug-likeness (QED) is 0.330. The van der Waals surface area contributed by atoms with Crippen LogP contribution in [0.5, 0.6) is 0 Å². The summed E-state index contributed by atoms with van der Waals surface area (Å²) in [5.74, 6) is 0.282. The molecule has 1 aromatic rings. The van der Waals surface area contributed by atoms with Crippen molar-refractivity contribution in [2.45, 2.75) is 50.3 Å². The molecule has 0 saturated carbocycles. The van der Waals surface area contributed by atoms with Crippen LogP contribution in [0.15, 0.2) is 65.6 Å². The molecule has 0 unspecified atom stereocenters. The maximum Gasteiger partial charge on any atom is 0.232 e. The number of aryl methyl sites for hydroxylation is 1. The zero-order chi connectivity index (χ0) is 23.4. The topological polar surface area (TPSA) is 103 Å². The number of hydrogen-bond donors (Lipinski definition) is 1. The Labute approximate surface area is 190 Å². The highest BCUT2D eigenvalue weighted by molar-refractivity contribution is 7.92. The molecular weight excluding hydrogens is 446 g/mol. The van der Waals surface area contributed by atoms with Crippen molar-refractivity contribution >= 4 is 25.8 Å². The number of fused-ring (bicyclic) bond motifs is 1. The summed E-state index contributed by atoms with van der Waals surface area (Å²) in [6, 6.07) is 17.6. The number of unbranched alkanes of at least 4 members (excludes halogenated alkanes) is 2. The first-order valence-electron chi connectivity index (χ1n) is 10.6. The van der Waals surface area contributed by atoms with Gasteiger partial charge in [0.15, 0.2) is 0 Å². The molecule has 1 aromatic carbocycles. The molecule has 0 heterocycles. The first kappa shape index (κ1) is 24.2. The highest BCUT2D eigenvalue weighted by atomic mass is 32.2. The maximum absolute atomic E-state index is 12.2. The molecule has 0 aromatic heterocycles. The van der Waals surface area contributed by atoms with Crippen molar-refractivity contribution < 1.29 is 21.4 Å². The van der Waals surface area contributed by atoms with Crippen LogP contribution >= 0.6 is 0 Å². The Morgan fingerprint density at radius 3 is 2.12 bits per heavy atom. The number of para-hydroxylation sites is 1. The lowest BCUT2D eigenvalue weighted by molar-refractivity contribution is 0.463. The van der Waals surface area contributed by atoms with Gasteiger partial charge in [-0.25, -0.2) is 16.8 Å². The molecule has 32 heavy (non-hydrogen) atoms. The number of sulfonamides is 1. The van der Waals surface area contributed by atoms with Gasteiger partial charge in [-0.15, -0.1) is 0 Å². The van der Waals surface area contributed by atoms with Crippen LogP contribution in [0.1, 0.15) is 50.2 Å². The van der Waals surface area contributed by atoms with Crippen molar-refractivity contribution in [1.29, 1.82) is 0 Å². The summed E-state index contributed by atoms with van der Waals surface area (Å²) in [5.41, 5.74) is 3.58. The predicted octanol–water partition coefficient (Wildman–Crippen LogP) is 4.97. The van der Waals surface area contributed by atoms with Crippen LogP contribution in [0.3, 0.4) is 0 Å². The fourth-order valence-electron chi connectivity index (χ4n) is 3.72. The summed E-state index contributed by atoms with van der Waals surface area (Å²) in [6.45, 7) is 4.10. The van der Waals surface area contributed by atoms with Gasteiger partial charge >= 0.3 is 0 Å². The Bertz CT molecular complexity index is 1240. The third kappa shape index (κ3) is 6.31. The molecule has 0 fully saturated rings. The molecule has 8 heteroatoms. The molecule has 0 bridgehead atoms. The summed E-state index contributed by atoms with van der Waals surface area (Å²) >= 11 is 0. The number of benzene rings is 1. The van der Waals surface area contributed by atoms with Crippen LogP contribution in [-0.2, 0) is 26.6 Å². The lowest BCUT2D eigenvalue weighted by Gasteiger charge is -2.08. The summed E-state index contributed by atoms with van der Waals surface area (Å²) in [4.78, 5) is -0.192. The Morgan fingerprint density at radius 1 is 0.844 bits per heavy atom. The highest BCUT2D eigenvalue weighted by Gasteiger charge is 2.19. The summed E-state index contributed by atoms with van der Waals surface area (Å²) in [6.07, 6.45) is 2.41. The Kier molecular flexibility index (Phi) is 7.59.